The number of ketones is 1. The van der Waals surface area contributed by atoms with Crippen molar-refractivity contribution in [1.82, 2.24) is 4.98 Å². The summed E-state index contributed by atoms with van der Waals surface area (Å²) in [6.45, 7) is 1.98. The van der Waals surface area contributed by atoms with Crippen molar-refractivity contribution in [3.8, 4) is 11.5 Å². The summed E-state index contributed by atoms with van der Waals surface area (Å²) in [5.74, 6) is 0.373. The monoisotopic (exact) mass is 321 g/mol. The van der Waals surface area contributed by atoms with Crippen LogP contribution in [0.1, 0.15) is 28.5 Å². The average Bonchev–Trinajstić information content (AvgIpc) is 2.61. The van der Waals surface area contributed by atoms with Gasteiger partial charge in [0.05, 0.1) is 24.6 Å². The summed E-state index contributed by atoms with van der Waals surface area (Å²) in [6, 6.07) is 14.8. The lowest BCUT2D eigenvalue weighted by Gasteiger charge is -2.11. The van der Waals surface area contributed by atoms with Crippen molar-refractivity contribution in [2.45, 2.75) is 19.8 Å². The van der Waals surface area contributed by atoms with Crippen LogP contribution >= 0.6 is 0 Å². The largest absolute Gasteiger partial charge is 0.507 e. The number of ether oxygens (including phenoxy) is 1. The second-order valence-corrected chi connectivity index (χ2v) is 5.63. The van der Waals surface area contributed by atoms with E-state index in [2.05, 4.69) is 4.98 Å². The Morgan fingerprint density at radius 2 is 1.96 bits per heavy atom. The summed E-state index contributed by atoms with van der Waals surface area (Å²) in [5.41, 5.74) is 2.75. The van der Waals surface area contributed by atoms with Gasteiger partial charge in [0.2, 0.25) is 0 Å². The number of pyridine rings is 1. The number of aromatic nitrogens is 1. The highest BCUT2D eigenvalue weighted by Gasteiger charge is 2.16. The molecule has 0 spiro atoms. The number of benzene rings is 2. The molecule has 0 atom stereocenters. The maximum absolute atomic E-state index is 12.6. The van der Waals surface area contributed by atoms with Gasteiger partial charge in [-0.3, -0.25) is 9.78 Å². The second-order valence-electron chi connectivity index (χ2n) is 5.63. The normalized spacial score (nSPS) is 10.8. The molecular weight excluding hydrogens is 302 g/mol. The number of carbonyl (C=O) groups excluding carboxylic acids is 1. The van der Waals surface area contributed by atoms with Crippen LogP contribution < -0.4 is 4.74 Å². The van der Waals surface area contributed by atoms with E-state index < -0.39 is 0 Å². The fourth-order valence-corrected chi connectivity index (χ4v) is 2.77. The lowest BCUT2D eigenvalue weighted by molar-refractivity contribution is 0.0989. The minimum absolute atomic E-state index is 0.0603. The van der Waals surface area contributed by atoms with Crippen molar-refractivity contribution in [3.05, 3.63) is 65.4 Å². The van der Waals surface area contributed by atoms with E-state index in [0.717, 1.165) is 22.9 Å². The van der Waals surface area contributed by atoms with Gasteiger partial charge in [-0.2, -0.15) is 0 Å². The highest BCUT2D eigenvalue weighted by Crippen LogP contribution is 2.29. The van der Waals surface area contributed by atoms with Crippen LogP contribution in [0.3, 0.4) is 0 Å². The number of Topliss-reactive ketones (excluding diaryl/α,β-unsaturated/α-hetero) is 1. The molecule has 0 amide bonds. The predicted molar refractivity (Wildman–Crippen MR) is 93.8 cm³/mol. The number of nitrogens with zero attached hydrogens (tertiary/aromatic N) is 1. The summed E-state index contributed by atoms with van der Waals surface area (Å²) in [5, 5.41) is 11.2. The number of aromatic hydroxyl groups is 1. The molecule has 3 rings (SSSR count). The first kappa shape index (κ1) is 16.0. The van der Waals surface area contributed by atoms with E-state index in [1.54, 1.807) is 13.2 Å². The molecule has 3 aromatic rings. The zero-order valence-electron chi connectivity index (χ0n) is 13.7. The van der Waals surface area contributed by atoms with Gasteiger partial charge in [0.1, 0.15) is 11.5 Å². The molecule has 0 saturated heterocycles. The van der Waals surface area contributed by atoms with Gasteiger partial charge in [-0.15, -0.1) is 0 Å². The van der Waals surface area contributed by atoms with Crippen LogP contribution in [0, 0.1) is 0 Å². The van der Waals surface area contributed by atoms with Crippen molar-refractivity contribution < 1.29 is 14.6 Å². The quantitative estimate of drug-likeness (QED) is 0.723. The molecule has 0 saturated carbocycles. The Labute approximate surface area is 140 Å². The highest BCUT2D eigenvalue weighted by molar-refractivity contribution is 6.00. The number of phenolic OH excluding ortho intramolecular Hbond substituents is 1. The fraction of sp³-hybridized carbons (Fsp3) is 0.200. The summed E-state index contributed by atoms with van der Waals surface area (Å²) >= 11 is 0. The molecule has 1 N–H and O–H groups in total. The molecule has 4 nitrogen and oxygen atoms in total. The smallest absolute Gasteiger partial charge is 0.172 e. The molecule has 0 fully saturated rings. The Hall–Kier alpha value is -2.88. The first-order chi connectivity index (χ1) is 11.6. The Morgan fingerprint density at radius 3 is 2.71 bits per heavy atom. The van der Waals surface area contributed by atoms with E-state index in [9.17, 15) is 9.90 Å². The van der Waals surface area contributed by atoms with E-state index in [4.69, 9.17) is 4.74 Å². The zero-order valence-corrected chi connectivity index (χ0v) is 13.7. The van der Waals surface area contributed by atoms with Crippen LogP contribution in [0.15, 0.2) is 48.5 Å². The van der Waals surface area contributed by atoms with Gasteiger partial charge in [0.25, 0.3) is 0 Å². The standard InChI is InChI=1S/C20H19NO3/c1-3-13-10-16(19(23)12-20(13)24-2)18(22)11-15-9-8-14-6-4-5-7-17(14)21-15/h4-10,12,23H,3,11H2,1-2H3. The maximum atomic E-state index is 12.6. The van der Waals surface area contributed by atoms with Gasteiger partial charge in [-0.05, 0) is 30.2 Å². The molecule has 24 heavy (non-hydrogen) atoms. The SMILES string of the molecule is CCc1cc(C(=O)Cc2ccc3ccccc3n2)c(O)cc1OC. The van der Waals surface area contributed by atoms with E-state index >= 15 is 0 Å². The number of phenols is 1. The van der Waals surface area contributed by atoms with Gasteiger partial charge < -0.3 is 9.84 Å². The first-order valence-corrected chi connectivity index (χ1v) is 7.90. The molecule has 0 aliphatic heterocycles. The topological polar surface area (TPSA) is 59.4 Å². The molecule has 1 aromatic heterocycles. The van der Waals surface area contributed by atoms with Crippen LogP contribution in [-0.4, -0.2) is 23.0 Å². The van der Waals surface area contributed by atoms with Crippen LogP contribution in [0.4, 0.5) is 0 Å². The minimum Gasteiger partial charge on any atom is -0.507 e. The molecule has 0 radical (unpaired) electrons. The number of fused-ring (bicyclic) bond motifs is 1. The van der Waals surface area contributed by atoms with E-state index in [0.29, 0.717) is 17.0 Å². The van der Waals surface area contributed by atoms with Crippen molar-refractivity contribution in [2.24, 2.45) is 0 Å². The Morgan fingerprint density at radius 1 is 1.17 bits per heavy atom. The van der Waals surface area contributed by atoms with Crippen molar-refractivity contribution in [1.29, 1.82) is 0 Å². The van der Waals surface area contributed by atoms with Gasteiger partial charge in [0.15, 0.2) is 5.78 Å². The molecule has 0 bridgehead atoms. The lowest BCUT2D eigenvalue weighted by atomic mass is 10.00. The van der Waals surface area contributed by atoms with Crippen LogP contribution in [0.2, 0.25) is 0 Å². The van der Waals surface area contributed by atoms with E-state index in [-0.39, 0.29) is 18.0 Å². The summed E-state index contributed by atoms with van der Waals surface area (Å²) in [4.78, 5) is 17.1. The summed E-state index contributed by atoms with van der Waals surface area (Å²) < 4.78 is 5.23. The average molecular weight is 321 g/mol. The number of methoxy groups -OCH3 is 1. The van der Waals surface area contributed by atoms with Gasteiger partial charge in [0, 0.05) is 17.1 Å². The Kier molecular flexibility index (Phi) is 4.47. The zero-order chi connectivity index (χ0) is 17.1. The number of para-hydroxylation sites is 1. The van der Waals surface area contributed by atoms with Crippen LogP contribution in [0.5, 0.6) is 11.5 Å². The number of carbonyl (C=O) groups is 1. The lowest BCUT2D eigenvalue weighted by Crippen LogP contribution is -2.07. The fourth-order valence-electron chi connectivity index (χ4n) is 2.77. The number of hydrogen-bond donors (Lipinski definition) is 1. The predicted octanol–water partition coefficient (Wildman–Crippen LogP) is 3.94. The third kappa shape index (κ3) is 3.08. The molecule has 2 aromatic carbocycles. The number of aryl methyl sites for hydroxylation is 1. The maximum Gasteiger partial charge on any atom is 0.172 e. The Bertz CT molecular complexity index is 903. The van der Waals surface area contributed by atoms with Crippen LogP contribution in [-0.2, 0) is 12.8 Å². The third-order valence-corrected chi connectivity index (χ3v) is 4.08. The Balaban J connectivity index is 1.91. The van der Waals surface area contributed by atoms with Gasteiger partial charge >= 0.3 is 0 Å². The summed E-state index contributed by atoms with van der Waals surface area (Å²) in [6.07, 6.45) is 0.867. The van der Waals surface area contributed by atoms with Crippen molar-refractivity contribution in [2.75, 3.05) is 7.11 Å². The molecule has 4 heteroatoms. The molecule has 0 unspecified atom stereocenters. The van der Waals surface area contributed by atoms with Crippen LogP contribution in [0.25, 0.3) is 10.9 Å². The molecule has 0 aliphatic rings. The third-order valence-electron chi connectivity index (χ3n) is 4.08. The molecule has 1 heterocycles. The van der Waals surface area contributed by atoms with Gasteiger partial charge in [-0.25, -0.2) is 0 Å². The van der Waals surface area contributed by atoms with E-state index in [1.807, 2.05) is 43.3 Å². The van der Waals surface area contributed by atoms with E-state index in [1.165, 1.54) is 6.07 Å². The van der Waals surface area contributed by atoms with Crippen molar-refractivity contribution in [3.63, 3.8) is 0 Å². The second kappa shape index (κ2) is 6.71. The first-order valence-electron chi connectivity index (χ1n) is 7.90. The molecule has 0 aliphatic carbocycles. The highest BCUT2D eigenvalue weighted by atomic mass is 16.5. The summed E-state index contributed by atoms with van der Waals surface area (Å²) in [7, 11) is 1.55. The molecular formula is C20H19NO3. The molecule has 122 valence electrons. The van der Waals surface area contributed by atoms with Crippen molar-refractivity contribution >= 4 is 16.7 Å². The van der Waals surface area contributed by atoms with Gasteiger partial charge in [-0.1, -0.05) is 31.2 Å². The number of rotatable bonds is 5. The minimum atomic E-state index is -0.160. The number of hydrogen-bond acceptors (Lipinski definition) is 4.